The second-order valence-corrected chi connectivity index (χ2v) is 4.14. The number of carbonyl (C=O) groups is 1. The van der Waals surface area contributed by atoms with Crippen LogP contribution in [-0.2, 0) is 4.79 Å². The second-order valence-electron chi connectivity index (χ2n) is 2.98. The third-order valence-corrected chi connectivity index (χ3v) is 2.65. The fraction of sp³-hybridized carbons (Fsp3) is 0.273. The third-order valence-electron chi connectivity index (χ3n) is 1.75. The van der Waals surface area contributed by atoms with Crippen LogP contribution in [0.2, 0.25) is 0 Å². The molecule has 5 heteroatoms. The summed E-state index contributed by atoms with van der Waals surface area (Å²) in [6.07, 6.45) is 0.314. The Balaban J connectivity index is 2.32. The molecule has 0 saturated heterocycles. The number of carbonyl (C=O) groups excluding carboxylic acids is 1. The van der Waals surface area contributed by atoms with E-state index in [0.29, 0.717) is 18.7 Å². The number of benzene rings is 1. The van der Waals surface area contributed by atoms with E-state index < -0.39 is 0 Å². The van der Waals surface area contributed by atoms with E-state index in [9.17, 15) is 4.79 Å². The normalized spacial score (nSPS) is 9.25. The molecular weight excluding hydrogens is 319 g/mol. The van der Waals surface area contributed by atoms with Crippen LogP contribution in [0.1, 0.15) is 6.42 Å². The van der Waals surface area contributed by atoms with E-state index in [1.807, 2.05) is 30.3 Å². The van der Waals surface area contributed by atoms with Crippen LogP contribution in [-0.4, -0.2) is 19.1 Å². The van der Waals surface area contributed by atoms with Gasteiger partial charge in [-0.05, 0) is 34.7 Å². The zero-order chi connectivity index (χ0) is 11.8. The zero-order valence-electron chi connectivity index (χ0n) is 8.57. The van der Waals surface area contributed by atoms with Crippen LogP contribution in [0.15, 0.2) is 24.3 Å². The third kappa shape index (κ3) is 4.49. The standard InChI is InChI=1S/C11H11IN2O2/c12-9-4-1-2-5-10(9)16-8-11(15)14-7-3-6-13/h1-2,4-5H,3,7-8H2,(H,14,15). The molecule has 84 valence electrons. The summed E-state index contributed by atoms with van der Waals surface area (Å²) in [6, 6.07) is 9.42. The highest BCUT2D eigenvalue weighted by Crippen LogP contribution is 2.19. The highest BCUT2D eigenvalue weighted by atomic mass is 127. The SMILES string of the molecule is N#CCCNC(=O)COc1ccccc1I. The molecule has 0 fully saturated rings. The van der Waals surface area contributed by atoms with E-state index >= 15 is 0 Å². The van der Waals surface area contributed by atoms with Gasteiger partial charge in [-0.15, -0.1) is 0 Å². The summed E-state index contributed by atoms with van der Waals surface area (Å²) in [6.45, 7) is 0.343. The fourth-order valence-electron chi connectivity index (χ4n) is 1.01. The first-order valence-electron chi connectivity index (χ1n) is 4.75. The molecular formula is C11H11IN2O2. The Morgan fingerprint density at radius 3 is 2.94 bits per heavy atom. The molecule has 0 heterocycles. The molecule has 1 rings (SSSR count). The zero-order valence-corrected chi connectivity index (χ0v) is 10.7. The number of nitrogens with zero attached hydrogens (tertiary/aromatic N) is 1. The van der Waals surface area contributed by atoms with Gasteiger partial charge in [0.1, 0.15) is 5.75 Å². The lowest BCUT2D eigenvalue weighted by atomic mass is 10.3. The number of hydrogen-bond donors (Lipinski definition) is 1. The molecule has 0 aliphatic heterocycles. The van der Waals surface area contributed by atoms with Crippen LogP contribution in [0.25, 0.3) is 0 Å². The van der Waals surface area contributed by atoms with Crippen molar-refractivity contribution in [1.29, 1.82) is 5.26 Å². The number of halogens is 1. The van der Waals surface area contributed by atoms with Crippen LogP contribution < -0.4 is 10.1 Å². The molecule has 1 N–H and O–H groups in total. The van der Waals surface area contributed by atoms with E-state index in [1.165, 1.54) is 0 Å². The number of rotatable bonds is 5. The highest BCUT2D eigenvalue weighted by Gasteiger charge is 2.03. The number of amides is 1. The highest BCUT2D eigenvalue weighted by molar-refractivity contribution is 14.1. The monoisotopic (exact) mass is 330 g/mol. The second kappa shape index (κ2) is 7.06. The van der Waals surface area contributed by atoms with Crippen molar-refractivity contribution in [2.45, 2.75) is 6.42 Å². The maximum Gasteiger partial charge on any atom is 0.257 e. The molecule has 0 unspecified atom stereocenters. The van der Waals surface area contributed by atoms with Crippen LogP contribution >= 0.6 is 22.6 Å². The number of hydrogen-bond acceptors (Lipinski definition) is 3. The first-order valence-corrected chi connectivity index (χ1v) is 5.83. The lowest BCUT2D eigenvalue weighted by Crippen LogP contribution is -2.29. The Bertz CT molecular complexity index is 401. The number of para-hydroxylation sites is 1. The van der Waals surface area contributed by atoms with E-state index in [0.717, 1.165) is 3.57 Å². The number of nitriles is 1. The maximum atomic E-state index is 11.3. The van der Waals surface area contributed by atoms with Crippen molar-refractivity contribution in [2.75, 3.05) is 13.2 Å². The molecule has 0 bridgehead atoms. The van der Waals surface area contributed by atoms with Gasteiger partial charge < -0.3 is 10.1 Å². The van der Waals surface area contributed by atoms with Gasteiger partial charge in [0.15, 0.2) is 6.61 Å². The average Bonchev–Trinajstić information content (AvgIpc) is 2.28. The first-order chi connectivity index (χ1) is 7.74. The van der Waals surface area contributed by atoms with E-state index in [1.54, 1.807) is 0 Å². The van der Waals surface area contributed by atoms with E-state index in [-0.39, 0.29) is 12.5 Å². The van der Waals surface area contributed by atoms with Crippen LogP contribution in [0.3, 0.4) is 0 Å². The van der Waals surface area contributed by atoms with Gasteiger partial charge in [-0.3, -0.25) is 4.79 Å². The van der Waals surface area contributed by atoms with Crippen molar-refractivity contribution in [3.63, 3.8) is 0 Å². The van der Waals surface area contributed by atoms with Gasteiger partial charge >= 0.3 is 0 Å². The van der Waals surface area contributed by atoms with E-state index in [4.69, 9.17) is 10.00 Å². The number of ether oxygens (including phenoxy) is 1. The molecule has 0 atom stereocenters. The van der Waals surface area contributed by atoms with Gasteiger partial charge in [-0.25, -0.2) is 0 Å². The Kier molecular flexibility index (Phi) is 5.64. The summed E-state index contributed by atoms with van der Waals surface area (Å²) in [5, 5.41) is 10.9. The fourth-order valence-corrected chi connectivity index (χ4v) is 1.56. The van der Waals surface area contributed by atoms with Gasteiger partial charge in [-0.2, -0.15) is 5.26 Å². The van der Waals surface area contributed by atoms with Crippen molar-refractivity contribution >= 4 is 28.5 Å². The van der Waals surface area contributed by atoms with Gasteiger partial charge in [0.2, 0.25) is 0 Å². The quantitative estimate of drug-likeness (QED) is 0.660. The van der Waals surface area contributed by atoms with Crippen molar-refractivity contribution < 1.29 is 9.53 Å². The molecule has 0 aliphatic rings. The summed E-state index contributed by atoms with van der Waals surface area (Å²) >= 11 is 2.14. The van der Waals surface area contributed by atoms with Crippen LogP contribution in [0, 0.1) is 14.9 Å². The summed E-state index contributed by atoms with van der Waals surface area (Å²) in [4.78, 5) is 11.3. The number of nitrogens with one attached hydrogen (secondary N) is 1. The molecule has 16 heavy (non-hydrogen) atoms. The van der Waals surface area contributed by atoms with Gasteiger partial charge in [-0.1, -0.05) is 12.1 Å². The minimum absolute atomic E-state index is 0.0224. The predicted molar refractivity (Wildman–Crippen MR) is 67.9 cm³/mol. The molecule has 4 nitrogen and oxygen atoms in total. The Labute approximate surface area is 108 Å². The smallest absolute Gasteiger partial charge is 0.257 e. The lowest BCUT2D eigenvalue weighted by molar-refractivity contribution is -0.123. The van der Waals surface area contributed by atoms with Crippen molar-refractivity contribution in [3.8, 4) is 11.8 Å². The van der Waals surface area contributed by atoms with Gasteiger partial charge in [0.25, 0.3) is 5.91 Å². The van der Waals surface area contributed by atoms with Gasteiger partial charge in [0, 0.05) is 6.54 Å². The molecule has 1 aromatic rings. The van der Waals surface area contributed by atoms with Crippen LogP contribution in [0.5, 0.6) is 5.75 Å². The Hall–Kier alpha value is -1.29. The maximum absolute atomic E-state index is 11.3. The summed E-state index contributed by atoms with van der Waals surface area (Å²) in [5.41, 5.74) is 0. The van der Waals surface area contributed by atoms with E-state index in [2.05, 4.69) is 27.9 Å². The molecule has 0 saturated carbocycles. The minimum atomic E-state index is -0.213. The predicted octanol–water partition coefficient (Wildman–Crippen LogP) is 1.70. The average molecular weight is 330 g/mol. The Morgan fingerprint density at radius 1 is 1.50 bits per heavy atom. The molecule has 0 spiro atoms. The first kappa shape index (κ1) is 12.8. The molecule has 0 aliphatic carbocycles. The molecule has 0 aromatic heterocycles. The minimum Gasteiger partial charge on any atom is -0.483 e. The Morgan fingerprint density at radius 2 is 2.25 bits per heavy atom. The molecule has 1 amide bonds. The topological polar surface area (TPSA) is 62.1 Å². The largest absolute Gasteiger partial charge is 0.483 e. The van der Waals surface area contributed by atoms with Crippen molar-refractivity contribution in [2.24, 2.45) is 0 Å². The van der Waals surface area contributed by atoms with Crippen molar-refractivity contribution in [1.82, 2.24) is 5.32 Å². The van der Waals surface area contributed by atoms with Gasteiger partial charge in [0.05, 0.1) is 16.1 Å². The summed E-state index contributed by atoms with van der Waals surface area (Å²) in [5.74, 6) is 0.480. The summed E-state index contributed by atoms with van der Waals surface area (Å²) < 4.78 is 6.29. The lowest BCUT2D eigenvalue weighted by Gasteiger charge is -2.07. The van der Waals surface area contributed by atoms with Crippen LogP contribution in [0.4, 0.5) is 0 Å². The van der Waals surface area contributed by atoms with Crippen molar-refractivity contribution in [3.05, 3.63) is 27.8 Å². The molecule has 1 aromatic carbocycles. The molecule has 0 radical (unpaired) electrons. The summed E-state index contributed by atoms with van der Waals surface area (Å²) in [7, 11) is 0.